The number of rotatable bonds is 0. The highest BCUT2D eigenvalue weighted by atomic mass is 79.9. The third-order valence-electron chi connectivity index (χ3n) is 1.80. The lowest BCUT2D eigenvalue weighted by Crippen LogP contribution is -2.01. The molecule has 0 fully saturated rings. The van der Waals surface area contributed by atoms with Crippen molar-refractivity contribution in [2.45, 2.75) is 19.6 Å². The van der Waals surface area contributed by atoms with Crippen molar-refractivity contribution in [3.05, 3.63) is 16.4 Å². The molecule has 2 heterocycles. The Balaban J connectivity index is 2.35. The molecule has 1 aromatic rings. The van der Waals surface area contributed by atoms with Gasteiger partial charge < -0.3 is 4.74 Å². The van der Waals surface area contributed by atoms with Crippen LogP contribution in [0.3, 0.4) is 0 Å². The quantitative estimate of drug-likeness (QED) is 0.659. The lowest BCUT2D eigenvalue weighted by Gasteiger charge is -1.99. The highest BCUT2D eigenvalue weighted by Crippen LogP contribution is 2.18. The third-order valence-corrected chi connectivity index (χ3v) is 2.46. The summed E-state index contributed by atoms with van der Waals surface area (Å²) >= 11 is 3.42. The van der Waals surface area contributed by atoms with E-state index in [0.717, 1.165) is 29.7 Å². The molecule has 60 valence electrons. The second-order valence-corrected chi connectivity index (χ2v) is 3.42. The molecule has 0 aliphatic carbocycles. The van der Waals surface area contributed by atoms with E-state index in [9.17, 15) is 0 Å². The summed E-state index contributed by atoms with van der Waals surface area (Å²) in [5.74, 6) is 0. The smallest absolute Gasteiger partial charge is 0.0896 e. The Morgan fingerprint density at radius 3 is 3.45 bits per heavy atom. The van der Waals surface area contributed by atoms with Crippen molar-refractivity contribution >= 4 is 15.9 Å². The zero-order valence-electron chi connectivity index (χ0n) is 6.09. The monoisotopic (exact) mass is 216 g/mol. The summed E-state index contributed by atoms with van der Waals surface area (Å²) in [6.07, 6.45) is 2.88. The minimum Gasteiger partial charge on any atom is -0.375 e. The first kappa shape index (κ1) is 7.31. The number of fused-ring (bicyclic) bond motifs is 1. The van der Waals surface area contributed by atoms with E-state index in [1.807, 2.05) is 10.9 Å². The molecule has 0 amide bonds. The molecule has 0 N–H and O–H groups in total. The minimum absolute atomic E-state index is 0.681. The molecule has 3 nitrogen and oxygen atoms in total. The van der Waals surface area contributed by atoms with Crippen LogP contribution in [-0.2, 0) is 17.9 Å². The average molecular weight is 217 g/mol. The molecule has 0 saturated carbocycles. The SMILES string of the molecule is Brc1cnn2c1COCCC2. The Morgan fingerprint density at radius 1 is 1.64 bits per heavy atom. The summed E-state index contributed by atoms with van der Waals surface area (Å²) in [5, 5.41) is 4.21. The fraction of sp³-hybridized carbons (Fsp3) is 0.571. The number of hydrogen-bond donors (Lipinski definition) is 0. The Kier molecular flexibility index (Phi) is 1.96. The van der Waals surface area contributed by atoms with Crippen LogP contribution in [0.15, 0.2) is 10.7 Å². The molecule has 0 atom stereocenters. The fourth-order valence-electron chi connectivity index (χ4n) is 1.21. The Labute approximate surface area is 73.5 Å². The van der Waals surface area contributed by atoms with Crippen LogP contribution in [0.5, 0.6) is 0 Å². The Bertz CT molecular complexity index is 259. The van der Waals surface area contributed by atoms with Crippen LogP contribution in [0.4, 0.5) is 0 Å². The van der Waals surface area contributed by atoms with Crippen LogP contribution in [0.25, 0.3) is 0 Å². The first-order chi connectivity index (χ1) is 5.38. The second kappa shape index (κ2) is 2.95. The third kappa shape index (κ3) is 1.32. The maximum absolute atomic E-state index is 5.37. The van der Waals surface area contributed by atoms with Gasteiger partial charge in [0, 0.05) is 13.2 Å². The Morgan fingerprint density at radius 2 is 2.55 bits per heavy atom. The van der Waals surface area contributed by atoms with Crippen molar-refractivity contribution in [2.24, 2.45) is 0 Å². The van der Waals surface area contributed by atoms with Gasteiger partial charge in [-0.25, -0.2) is 0 Å². The lowest BCUT2D eigenvalue weighted by molar-refractivity contribution is 0.124. The number of aryl methyl sites for hydroxylation is 1. The number of halogens is 1. The first-order valence-electron chi connectivity index (χ1n) is 3.66. The molecule has 1 aliphatic heterocycles. The van der Waals surface area contributed by atoms with Crippen LogP contribution >= 0.6 is 15.9 Å². The van der Waals surface area contributed by atoms with Crippen molar-refractivity contribution < 1.29 is 4.74 Å². The summed E-state index contributed by atoms with van der Waals surface area (Å²) < 4.78 is 8.42. The van der Waals surface area contributed by atoms with E-state index in [-0.39, 0.29) is 0 Å². The second-order valence-electron chi connectivity index (χ2n) is 2.57. The van der Waals surface area contributed by atoms with Gasteiger partial charge in [-0.1, -0.05) is 0 Å². The summed E-state index contributed by atoms with van der Waals surface area (Å²) in [6.45, 7) is 2.50. The molecule has 2 rings (SSSR count). The van der Waals surface area contributed by atoms with Gasteiger partial charge in [0.05, 0.1) is 23.0 Å². The molecule has 11 heavy (non-hydrogen) atoms. The largest absolute Gasteiger partial charge is 0.375 e. The van der Waals surface area contributed by atoms with Crippen LogP contribution in [-0.4, -0.2) is 16.4 Å². The molecule has 0 bridgehead atoms. The molecule has 1 aromatic heterocycles. The van der Waals surface area contributed by atoms with Gasteiger partial charge in [0.25, 0.3) is 0 Å². The number of nitrogens with zero attached hydrogens (tertiary/aromatic N) is 2. The zero-order chi connectivity index (χ0) is 7.68. The summed E-state index contributed by atoms with van der Waals surface area (Å²) in [6, 6.07) is 0. The first-order valence-corrected chi connectivity index (χ1v) is 4.45. The summed E-state index contributed by atoms with van der Waals surface area (Å²) in [4.78, 5) is 0. The highest BCUT2D eigenvalue weighted by molar-refractivity contribution is 9.10. The van der Waals surface area contributed by atoms with Gasteiger partial charge in [0.15, 0.2) is 0 Å². The van der Waals surface area contributed by atoms with Crippen LogP contribution in [0.2, 0.25) is 0 Å². The van der Waals surface area contributed by atoms with Gasteiger partial charge in [-0.15, -0.1) is 0 Å². The lowest BCUT2D eigenvalue weighted by atomic mass is 10.4. The zero-order valence-corrected chi connectivity index (χ0v) is 7.67. The van der Waals surface area contributed by atoms with E-state index in [0.29, 0.717) is 6.61 Å². The standard InChI is InChI=1S/C7H9BrN2O/c8-6-4-9-10-2-1-3-11-5-7(6)10/h4H,1-3,5H2. The minimum atomic E-state index is 0.681. The van der Waals surface area contributed by atoms with Gasteiger partial charge in [0.1, 0.15) is 0 Å². The van der Waals surface area contributed by atoms with Crippen LogP contribution < -0.4 is 0 Å². The maximum Gasteiger partial charge on any atom is 0.0896 e. The normalized spacial score (nSPS) is 17.5. The summed E-state index contributed by atoms with van der Waals surface area (Å²) in [5.41, 5.74) is 1.16. The molecule has 0 saturated heterocycles. The van der Waals surface area contributed by atoms with Crippen molar-refractivity contribution in [1.82, 2.24) is 9.78 Å². The van der Waals surface area contributed by atoms with E-state index in [1.54, 1.807) is 0 Å². The van der Waals surface area contributed by atoms with Crippen molar-refractivity contribution in [2.75, 3.05) is 6.61 Å². The molecule has 0 unspecified atom stereocenters. The van der Waals surface area contributed by atoms with E-state index in [1.165, 1.54) is 0 Å². The van der Waals surface area contributed by atoms with E-state index >= 15 is 0 Å². The number of ether oxygens (including phenoxy) is 1. The predicted molar refractivity (Wildman–Crippen MR) is 44.2 cm³/mol. The van der Waals surface area contributed by atoms with E-state index in [4.69, 9.17) is 4.74 Å². The van der Waals surface area contributed by atoms with Crippen LogP contribution in [0, 0.1) is 0 Å². The number of hydrogen-bond acceptors (Lipinski definition) is 2. The van der Waals surface area contributed by atoms with E-state index in [2.05, 4.69) is 21.0 Å². The fourth-order valence-corrected chi connectivity index (χ4v) is 1.62. The van der Waals surface area contributed by atoms with Crippen molar-refractivity contribution in [3.8, 4) is 0 Å². The maximum atomic E-state index is 5.37. The van der Waals surface area contributed by atoms with Crippen LogP contribution in [0.1, 0.15) is 12.1 Å². The molecule has 1 aliphatic rings. The molecule has 0 radical (unpaired) electrons. The molecule has 4 heteroatoms. The van der Waals surface area contributed by atoms with Gasteiger partial charge in [-0.3, -0.25) is 4.68 Å². The van der Waals surface area contributed by atoms with Gasteiger partial charge in [0.2, 0.25) is 0 Å². The average Bonchev–Trinajstić information content (AvgIpc) is 2.25. The van der Waals surface area contributed by atoms with E-state index < -0.39 is 0 Å². The van der Waals surface area contributed by atoms with Gasteiger partial charge >= 0.3 is 0 Å². The van der Waals surface area contributed by atoms with Gasteiger partial charge in [-0.2, -0.15) is 5.10 Å². The predicted octanol–water partition coefficient (Wildman–Crippen LogP) is 1.57. The molecule has 0 aromatic carbocycles. The molecular formula is C7H9BrN2O. The van der Waals surface area contributed by atoms with Gasteiger partial charge in [-0.05, 0) is 22.4 Å². The molecule has 0 spiro atoms. The summed E-state index contributed by atoms with van der Waals surface area (Å²) in [7, 11) is 0. The number of aromatic nitrogens is 2. The van der Waals surface area contributed by atoms with Crippen molar-refractivity contribution in [3.63, 3.8) is 0 Å². The molecular weight excluding hydrogens is 208 g/mol. The Hall–Kier alpha value is -0.350. The highest BCUT2D eigenvalue weighted by Gasteiger charge is 2.11. The van der Waals surface area contributed by atoms with Crippen molar-refractivity contribution in [1.29, 1.82) is 0 Å². The topological polar surface area (TPSA) is 27.1 Å².